The minimum Gasteiger partial charge on any atom is -0.450 e. The first-order valence-electron chi connectivity index (χ1n) is 7.64. The summed E-state index contributed by atoms with van der Waals surface area (Å²) in [6.45, 7) is 1.81. The number of Topliss-reactive ketones (excluding diaryl/α,β-unsaturated/α-hetero) is 1. The van der Waals surface area contributed by atoms with Crippen LogP contribution in [-0.2, 0) is 19.1 Å². The van der Waals surface area contributed by atoms with Gasteiger partial charge in [0, 0.05) is 7.11 Å². The van der Waals surface area contributed by atoms with E-state index in [0.717, 1.165) is 5.56 Å². The Bertz CT molecular complexity index is 663. The molecule has 3 rings (SSSR count). The normalized spacial score (nSPS) is 30.8. The summed E-state index contributed by atoms with van der Waals surface area (Å²) in [7, 11) is 1.66. The highest BCUT2D eigenvalue weighted by molar-refractivity contribution is 6.43. The van der Waals surface area contributed by atoms with E-state index in [4.69, 9.17) is 32.7 Å². The lowest BCUT2D eigenvalue weighted by Crippen LogP contribution is -2.42. The molecule has 1 aromatic carbocycles. The second-order valence-electron chi connectivity index (χ2n) is 6.24. The van der Waals surface area contributed by atoms with Crippen LogP contribution in [0.2, 0.25) is 10.0 Å². The number of carbonyl (C=O) groups is 2. The van der Waals surface area contributed by atoms with E-state index in [1.807, 2.05) is 6.92 Å². The minimum absolute atomic E-state index is 0.114. The standard InChI is InChI=1S/C17H18Cl2O4/c1-9-3-4-11(18)14(19)12(9)13-15(20)17(23-16(13)21)7-5-10(22-2)6-8-17/h3-4,10,13H,5-8H2,1-2H3. The van der Waals surface area contributed by atoms with Crippen molar-refractivity contribution in [3.05, 3.63) is 33.3 Å². The maximum Gasteiger partial charge on any atom is 0.322 e. The molecule has 1 saturated carbocycles. The van der Waals surface area contributed by atoms with Gasteiger partial charge < -0.3 is 9.47 Å². The van der Waals surface area contributed by atoms with E-state index in [2.05, 4.69) is 0 Å². The van der Waals surface area contributed by atoms with Crippen LogP contribution >= 0.6 is 23.2 Å². The molecule has 1 saturated heterocycles. The highest BCUT2D eigenvalue weighted by Crippen LogP contribution is 2.46. The Morgan fingerprint density at radius 2 is 1.87 bits per heavy atom. The Morgan fingerprint density at radius 3 is 2.48 bits per heavy atom. The lowest BCUT2D eigenvalue weighted by atomic mass is 9.76. The third-order valence-electron chi connectivity index (χ3n) is 4.96. The first-order valence-corrected chi connectivity index (χ1v) is 8.39. The molecule has 0 radical (unpaired) electrons. The van der Waals surface area contributed by atoms with E-state index in [-0.39, 0.29) is 16.9 Å². The van der Waals surface area contributed by atoms with E-state index in [1.165, 1.54) is 0 Å². The molecule has 1 aliphatic heterocycles. The fraction of sp³-hybridized carbons (Fsp3) is 0.529. The number of aryl methyl sites for hydroxylation is 1. The van der Waals surface area contributed by atoms with Gasteiger partial charge in [0.1, 0.15) is 5.92 Å². The Balaban J connectivity index is 1.96. The average molecular weight is 357 g/mol. The quantitative estimate of drug-likeness (QED) is 0.596. The lowest BCUT2D eigenvalue weighted by Gasteiger charge is -2.33. The molecule has 0 amide bonds. The van der Waals surface area contributed by atoms with Gasteiger partial charge in [-0.3, -0.25) is 9.59 Å². The monoisotopic (exact) mass is 356 g/mol. The van der Waals surface area contributed by atoms with Gasteiger partial charge in [0.2, 0.25) is 0 Å². The molecule has 1 heterocycles. The van der Waals surface area contributed by atoms with Crippen LogP contribution in [0.25, 0.3) is 0 Å². The number of methoxy groups -OCH3 is 1. The summed E-state index contributed by atoms with van der Waals surface area (Å²) in [5, 5.41) is 0.585. The number of hydrogen-bond acceptors (Lipinski definition) is 4. The van der Waals surface area contributed by atoms with E-state index >= 15 is 0 Å². The van der Waals surface area contributed by atoms with Crippen molar-refractivity contribution in [2.45, 2.75) is 50.2 Å². The summed E-state index contributed by atoms with van der Waals surface area (Å²) < 4.78 is 10.9. The predicted octanol–water partition coefficient (Wildman–Crippen LogP) is 3.84. The van der Waals surface area contributed by atoms with Crippen LogP contribution in [0.3, 0.4) is 0 Å². The maximum atomic E-state index is 13.0. The number of carbonyl (C=O) groups excluding carboxylic acids is 2. The number of ketones is 1. The molecule has 0 N–H and O–H groups in total. The molecule has 1 unspecified atom stereocenters. The van der Waals surface area contributed by atoms with Crippen molar-refractivity contribution in [3.63, 3.8) is 0 Å². The van der Waals surface area contributed by atoms with Crippen molar-refractivity contribution >= 4 is 35.0 Å². The summed E-state index contributed by atoms with van der Waals surface area (Å²) in [4.78, 5) is 25.5. The number of rotatable bonds is 2. The Labute approximate surface area is 145 Å². The zero-order chi connectivity index (χ0) is 16.8. The lowest BCUT2D eigenvalue weighted by molar-refractivity contribution is -0.157. The van der Waals surface area contributed by atoms with Crippen LogP contribution in [0.15, 0.2) is 12.1 Å². The van der Waals surface area contributed by atoms with E-state index in [0.29, 0.717) is 36.3 Å². The molecule has 4 nitrogen and oxygen atoms in total. The third kappa shape index (κ3) is 2.67. The first kappa shape index (κ1) is 16.7. The topological polar surface area (TPSA) is 52.6 Å². The summed E-state index contributed by atoms with van der Waals surface area (Å²) >= 11 is 12.3. The van der Waals surface area contributed by atoms with Crippen molar-refractivity contribution in [1.82, 2.24) is 0 Å². The summed E-state index contributed by atoms with van der Waals surface area (Å²) in [5.74, 6) is -1.72. The molecule has 1 atom stereocenters. The van der Waals surface area contributed by atoms with Crippen molar-refractivity contribution in [2.75, 3.05) is 7.11 Å². The zero-order valence-corrected chi connectivity index (χ0v) is 14.5. The van der Waals surface area contributed by atoms with Crippen molar-refractivity contribution < 1.29 is 19.1 Å². The van der Waals surface area contributed by atoms with Gasteiger partial charge in [-0.05, 0) is 49.8 Å². The van der Waals surface area contributed by atoms with Gasteiger partial charge in [-0.2, -0.15) is 0 Å². The summed E-state index contributed by atoms with van der Waals surface area (Å²) in [5.41, 5.74) is 0.201. The van der Waals surface area contributed by atoms with E-state index in [9.17, 15) is 9.59 Å². The third-order valence-corrected chi connectivity index (χ3v) is 5.77. The molecule has 2 aliphatic rings. The molecule has 124 valence electrons. The van der Waals surface area contributed by atoms with Gasteiger partial charge in [-0.15, -0.1) is 0 Å². The van der Waals surface area contributed by atoms with Gasteiger partial charge in [0.05, 0.1) is 16.1 Å². The SMILES string of the molecule is COC1CCC2(CC1)OC(=O)C(c1c(C)ccc(Cl)c1Cl)C2=O. The number of esters is 1. The van der Waals surface area contributed by atoms with Crippen LogP contribution in [0.4, 0.5) is 0 Å². The van der Waals surface area contributed by atoms with Gasteiger partial charge in [-0.25, -0.2) is 0 Å². The maximum absolute atomic E-state index is 13.0. The molecule has 0 aromatic heterocycles. The molecule has 1 aromatic rings. The molecule has 1 aliphatic carbocycles. The molecule has 2 fully saturated rings. The molecule has 0 bridgehead atoms. The fourth-order valence-electron chi connectivity index (χ4n) is 3.58. The van der Waals surface area contributed by atoms with Gasteiger partial charge >= 0.3 is 5.97 Å². The highest BCUT2D eigenvalue weighted by Gasteiger charge is 2.57. The Hall–Kier alpha value is -1.10. The smallest absolute Gasteiger partial charge is 0.322 e. The fourth-order valence-corrected chi connectivity index (χ4v) is 4.07. The van der Waals surface area contributed by atoms with Crippen LogP contribution in [0.1, 0.15) is 42.7 Å². The average Bonchev–Trinajstić information content (AvgIpc) is 2.77. The van der Waals surface area contributed by atoms with E-state index < -0.39 is 17.5 Å². The predicted molar refractivity (Wildman–Crippen MR) is 87.0 cm³/mol. The zero-order valence-electron chi connectivity index (χ0n) is 13.0. The molecule has 1 spiro atoms. The second-order valence-corrected chi connectivity index (χ2v) is 7.02. The summed E-state index contributed by atoms with van der Waals surface area (Å²) in [6.07, 6.45) is 2.49. The van der Waals surface area contributed by atoms with Crippen LogP contribution < -0.4 is 0 Å². The van der Waals surface area contributed by atoms with Gasteiger partial charge in [0.25, 0.3) is 0 Å². The minimum atomic E-state index is -1.03. The van der Waals surface area contributed by atoms with Crippen molar-refractivity contribution in [1.29, 1.82) is 0 Å². The molecule has 6 heteroatoms. The number of ether oxygens (including phenoxy) is 2. The molecular weight excluding hydrogens is 339 g/mol. The van der Waals surface area contributed by atoms with Crippen LogP contribution in [0.5, 0.6) is 0 Å². The van der Waals surface area contributed by atoms with Gasteiger partial charge in [-0.1, -0.05) is 29.3 Å². The first-order chi connectivity index (χ1) is 10.9. The molecule has 23 heavy (non-hydrogen) atoms. The van der Waals surface area contributed by atoms with E-state index in [1.54, 1.807) is 19.2 Å². The summed E-state index contributed by atoms with van der Waals surface area (Å²) in [6, 6.07) is 3.42. The number of halogens is 2. The van der Waals surface area contributed by atoms with Gasteiger partial charge in [0.15, 0.2) is 11.4 Å². The number of hydrogen-bond donors (Lipinski definition) is 0. The highest BCUT2D eigenvalue weighted by atomic mass is 35.5. The Kier molecular flexibility index (Phi) is 4.43. The largest absolute Gasteiger partial charge is 0.450 e. The Morgan fingerprint density at radius 1 is 1.22 bits per heavy atom. The molecular formula is C17H18Cl2O4. The van der Waals surface area contributed by atoms with Crippen molar-refractivity contribution in [3.8, 4) is 0 Å². The number of benzene rings is 1. The van der Waals surface area contributed by atoms with Crippen molar-refractivity contribution in [2.24, 2.45) is 0 Å². The van der Waals surface area contributed by atoms with Crippen LogP contribution in [-0.4, -0.2) is 30.6 Å². The van der Waals surface area contributed by atoms with Crippen LogP contribution in [0, 0.1) is 6.92 Å². The second kappa shape index (κ2) is 6.08.